The number of benzene rings is 3. The van der Waals surface area contributed by atoms with Crippen LogP contribution >= 0.6 is 0 Å². The van der Waals surface area contributed by atoms with Crippen LogP contribution in [0.4, 0.5) is 0 Å². The van der Waals surface area contributed by atoms with Crippen molar-refractivity contribution in [2.75, 3.05) is 13.2 Å². The normalized spacial score (nSPS) is 16.3. The second kappa shape index (κ2) is 17.2. The van der Waals surface area contributed by atoms with Gasteiger partial charge < -0.3 is 46.7 Å². The van der Waals surface area contributed by atoms with Gasteiger partial charge in [-0.15, -0.1) is 0 Å². The zero-order valence-electron chi connectivity index (χ0n) is 26.7. The SMILES string of the molecule is CC(C)(C)OC[C@H](N)C(=O)N[C@@H](CO)[C@@H](O)[C@@H](O)[C@H](O)C(=O)C(c1ccccc1)[C@H](N)C(=O)OC(c1ccccc1)c1ccccc1. The van der Waals surface area contributed by atoms with E-state index in [1.807, 2.05) is 12.1 Å². The molecule has 0 heterocycles. The van der Waals surface area contributed by atoms with Gasteiger partial charge >= 0.3 is 5.97 Å². The minimum absolute atomic E-state index is 0.171. The average molecular weight is 652 g/mol. The Labute approximate surface area is 274 Å². The van der Waals surface area contributed by atoms with E-state index in [1.54, 1.807) is 87.5 Å². The van der Waals surface area contributed by atoms with Gasteiger partial charge in [-0.1, -0.05) is 91.0 Å². The maximum absolute atomic E-state index is 13.8. The first kappa shape index (κ1) is 37.4. The lowest BCUT2D eigenvalue weighted by molar-refractivity contribution is -0.154. The summed E-state index contributed by atoms with van der Waals surface area (Å²) < 4.78 is 11.4. The molecule has 0 bridgehead atoms. The van der Waals surface area contributed by atoms with Crippen LogP contribution in [0.3, 0.4) is 0 Å². The van der Waals surface area contributed by atoms with E-state index in [9.17, 15) is 34.8 Å². The maximum Gasteiger partial charge on any atom is 0.324 e. The van der Waals surface area contributed by atoms with Crippen molar-refractivity contribution in [3.8, 4) is 0 Å². The molecule has 0 spiro atoms. The van der Waals surface area contributed by atoms with Crippen molar-refractivity contribution >= 4 is 17.7 Å². The largest absolute Gasteiger partial charge is 0.451 e. The van der Waals surface area contributed by atoms with E-state index in [4.69, 9.17) is 20.9 Å². The zero-order valence-corrected chi connectivity index (χ0v) is 26.7. The Morgan fingerprint density at radius 3 is 1.68 bits per heavy atom. The van der Waals surface area contributed by atoms with Gasteiger partial charge in [0.05, 0.1) is 30.8 Å². The quantitative estimate of drug-likeness (QED) is 0.107. The van der Waals surface area contributed by atoms with Crippen LogP contribution in [0.15, 0.2) is 91.0 Å². The lowest BCUT2D eigenvalue weighted by Crippen LogP contribution is -2.59. The van der Waals surface area contributed by atoms with Crippen LogP contribution in [0.25, 0.3) is 0 Å². The number of aliphatic hydroxyl groups excluding tert-OH is 4. The molecule has 9 N–H and O–H groups in total. The number of amides is 1. The fraction of sp³-hybridized carbons (Fsp3) is 0.400. The van der Waals surface area contributed by atoms with Crippen LogP contribution in [0.5, 0.6) is 0 Å². The highest BCUT2D eigenvalue weighted by Gasteiger charge is 2.43. The monoisotopic (exact) mass is 651 g/mol. The third-order valence-corrected chi connectivity index (χ3v) is 7.47. The topological polar surface area (TPSA) is 215 Å². The first-order valence-corrected chi connectivity index (χ1v) is 15.2. The fourth-order valence-electron chi connectivity index (χ4n) is 4.85. The molecular formula is C35H45N3O9. The van der Waals surface area contributed by atoms with Crippen LogP contribution in [0.2, 0.25) is 0 Å². The molecule has 3 rings (SSSR count). The van der Waals surface area contributed by atoms with E-state index in [0.29, 0.717) is 11.1 Å². The van der Waals surface area contributed by atoms with Crippen molar-refractivity contribution in [3.05, 3.63) is 108 Å². The highest BCUT2D eigenvalue weighted by molar-refractivity contribution is 5.95. The summed E-state index contributed by atoms with van der Waals surface area (Å²) in [5.74, 6) is -4.38. The Hall–Kier alpha value is -4.01. The molecule has 47 heavy (non-hydrogen) atoms. The smallest absolute Gasteiger partial charge is 0.324 e. The fourth-order valence-corrected chi connectivity index (χ4v) is 4.85. The summed E-state index contributed by atoms with van der Waals surface area (Å²) in [7, 11) is 0. The molecule has 0 saturated carbocycles. The van der Waals surface area contributed by atoms with Gasteiger partial charge in [0.2, 0.25) is 5.91 Å². The van der Waals surface area contributed by atoms with Gasteiger partial charge in [0, 0.05) is 0 Å². The predicted octanol–water partition coefficient (Wildman–Crippen LogP) is 0.702. The van der Waals surface area contributed by atoms with E-state index in [-0.39, 0.29) is 12.2 Å². The lowest BCUT2D eigenvalue weighted by atomic mass is 9.83. The zero-order chi connectivity index (χ0) is 34.7. The van der Waals surface area contributed by atoms with E-state index < -0.39 is 78.3 Å². The van der Waals surface area contributed by atoms with Crippen LogP contribution in [0, 0.1) is 0 Å². The van der Waals surface area contributed by atoms with E-state index in [1.165, 1.54) is 12.1 Å². The minimum Gasteiger partial charge on any atom is -0.451 e. The molecule has 3 aromatic rings. The summed E-state index contributed by atoms with van der Waals surface area (Å²) >= 11 is 0. The van der Waals surface area contributed by atoms with Gasteiger partial charge in [-0.2, -0.15) is 0 Å². The predicted molar refractivity (Wildman–Crippen MR) is 174 cm³/mol. The van der Waals surface area contributed by atoms with Crippen LogP contribution < -0.4 is 16.8 Å². The standard InChI is InChI=1S/C35H45N3O9/c1-35(2,3)46-20-24(36)33(44)38-25(19-39)28(40)30(42)31(43)29(41)26(21-13-7-4-8-14-21)27(37)34(45)47-32(22-15-9-5-10-16-22)23-17-11-6-12-18-23/h4-18,24-28,30-32,39-40,42-43H,19-20,36-37H2,1-3H3,(H,38,44)/t24-,25-,26?,27-,28+,30+,31+/m0/s1. The summed E-state index contributed by atoms with van der Waals surface area (Å²) in [4.78, 5) is 40.0. The molecule has 1 unspecified atom stereocenters. The van der Waals surface area contributed by atoms with Crippen molar-refractivity contribution in [1.29, 1.82) is 0 Å². The number of ether oxygens (including phenoxy) is 2. The van der Waals surface area contributed by atoms with Crippen LogP contribution in [-0.4, -0.2) is 93.3 Å². The molecule has 7 atom stereocenters. The first-order chi connectivity index (χ1) is 22.2. The van der Waals surface area contributed by atoms with Crippen molar-refractivity contribution in [3.63, 3.8) is 0 Å². The third-order valence-electron chi connectivity index (χ3n) is 7.47. The molecule has 254 valence electrons. The minimum atomic E-state index is -2.29. The number of hydrogen-bond donors (Lipinski definition) is 7. The molecule has 12 heteroatoms. The van der Waals surface area contributed by atoms with Crippen molar-refractivity contribution in [2.45, 2.75) is 74.8 Å². The Kier molecular flexibility index (Phi) is 13.7. The van der Waals surface area contributed by atoms with Crippen molar-refractivity contribution in [2.24, 2.45) is 11.5 Å². The number of aliphatic hydroxyl groups is 4. The van der Waals surface area contributed by atoms with Gasteiger partial charge in [-0.3, -0.25) is 14.4 Å². The van der Waals surface area contributed by atoms with Gasteiger partial charge in [-0.05, 0) is 37.5 Å². The summed E-state index contributed by atoms with van der Waals surface area (Å²) in [5, 5.41) is 44.9. The Balaban J connectivity index is 1.82. The van der Waals surface area contributed by atoms with Gasteiger partial charge in [0.15, 0.2) is 11.9 Å². The average Bonchev–Trinajstić information content (AvgIpc) is 3.08. The first-order valence-electron chi connectivity index (χ1n) is 15.2. The van der Waals surface area contributed by atoms with Crippen molar-refractivity contribution in [1.82, 2.24) is 5.32 Å². The Morgan fingerprint density at radius 1 is 0.766 bits per heavy atom. The summed E-state index contributed by atoms with van der Waals surface area (Å²) in [5.41, 5.74) is 13.2. The van der Waals surface area contributed by atoms with E-state index in [0.717, 1.165) is 0 Å². The second-order valence-corrected chi connectivity index (χ2v) is 12.2. The van der Waals surface area contributed by atoms with Crippen LogP contribution in [0.1, 0.15) is 49.5 Å². The van der Waals surface area contributed by atoms with Crippen molar-refractivity contribution < 1.29 is 44.3 Å². The number of Topliss-reactive ketones (excluding diaryl/α,β-unsaturated/α-hetero) is 1. The number of carbonyl (C=O) groups is 3. The molecule has 0 aliphatic rings. The van der Waals surface area contributed by atoms with Gasteiger partial charge in [0.25, 0.3) is 0 Å². The molecule has 0 radical (unpaired) electrons. The number of nitrogens with two attached hydrogens (primary N) is 2. The molecule has 0 saturated heterocycles. The summed E-state index contributed by atoms with van der Waals surface area (Å²) in [6, 6.07) is 21.5. The number of hydrogen-bond acceptors (Lipinski definition) is 11. The number of esters is 1. The number of carbonyl (C=O) groups excluding carboxylic acids is 3. The second-order valence-electron chi connectivity index (χ2n) is 12.2. The molecule has 12 nitrogen and oxygen atoms in total. The van der Waals surface area contributed by atoms with Gasteiger partial charge in [0.1, 0.15) is 30.4 Å². The molecule has 0 fully saturated rings. The lowest BCUT2D eigenvalue weighted by Gasteiger charge is -2.32. The molecule has 0 aromatic heterocycles. The third kappa shape index (κ3) is 10.5. The summed E-state index contributed by atoms with van der Waals surface area (Å²) in [6.45, 7) is 4.27. The number of ketones is 1. The van der Waals surface area contributed by atoms with Gasteiger partial charge in [-0.25, -0.2) is 0 Å². The highest BCUT2D eigenvalue weighted by atomic mass is 16.5. The van der Waals surface area contributed by atoms with Crippen LogP contribution in [-0.2, 0) is 23.9 Å². The molecule has 3 aromatic carbocycles. The summed E-state index contributed by atoms with van der Waals surface area (Å²) in [6.07, 6.45) is -7.40. The Bertz CT molecular complexity index is 1380. The molecule has 1 amide bonds. The molecular weight excluding hydrogens is 606 g/mol. The molecule has 0 aliphatic carbocycles. The maximum atomic E-state index is 13.8. The van der Waals surface area contributed by atoms with E-state index in [2.05, 4.69) is 5.32 Å². The van der Waals surface area contributed by atoms with E-state index >= 15 is 0 Å². The number of nitrogens with one attached hydrogen (secondary N) is 1. The Morgan fingerprint density at radius 2 is 1.23 bits per heavy atom. The number of rotatable bonds is 16. The highest BCUT2D eigenvalue weighted by Crippen LogP contribution is 2.29. The molecule has 0 aliphatic heterocycles.